The minimum absolute atomic E-state index is 0.0134. The standard InChI is InChI=1S/C39H62O11/c1-21(2)35-26(7)33(47-29(10)40)20-39(44,50-35)28(9)34(42)27(8)37-31(45-12)16-14-15-22(3)17-24(5)36(48-30(11)41)25(6)18-23(4)19-32(46-13)38(43)49-37/h14-16,18-19,21,24-28,31,33-37,42,44H,17,20H2,1-13H3/b16-14+,22-15+,23-18+,32-19-/t24-,25+,26-,27-,28-,31-,33+,34+,35?,36-,37+,39+/m0/s1. The summed E-state index contributed by atoms with van der Waals surface area (Å²) in [7, 11) is 2.85. The Kier molecular flexibility index (Phi) is 16.4. The second kappa shape index (κ2) is 19.0. The molecule has 284 valence electrons. The number of hydrogen-bond donors (Lipinski definition) is 2. The van der Waals surface area contributed by atoms with E-state index < -0.39 is 66.2 Å². The molecule has 0 amide bonds. The quantitative estimate of drug-likeness (QED) is 0.220. The van der Waals surface area contributed by atoms with E-state index >= 15 is 0 Å². The lowest BCUT2D eigenvalue weighted by Gasteiger charge is -2.50. The molecule has 11 nitrogen and oxygen atoms in total. The molecule has 0 saturated carbocycles. The number of allylic oxidation sites excluding steroid dienone is 5. The Bertz CT molecular complexity index is 1280. The van der Waals surface area contributed by atoms with Crippen LogP contribution in [-0.4, -0.2) is 84.8 Å². The second-order valence-corrected chi connectivity index (χ2v) is 14.7. The van der Waals surface area contributed by atoms with Crippen LogP contribution in [0.1, 0.15) is 89.0 Å². The Morgan fingerprint density at radius 2 is 1.62 bits per heavy atom. The molecule has 0 bridgehead atoms. The molecule has 2 rings (SSSR count). The molecule has 0 aromatic rings. The van der Waals surface area contributed by atoms with Gasteiger partial charge in [0.05, 0.1) is 19.3 Å². The number of rotatable bonds is 9. The SMILES string of the molecule is CO/C1=C\C(C)=C\[C@@H](C)[C@@H](OC(C)=O)[C@@H](C)C/C(C)=C/C=C/[C@H](OC)[C@@H]([C@@H](C)[C@@H](O)[C@H](C)[C@@]2(O)C[C@@H](OC(C)=O)[C@H](C)C(C(C)C)O2)OC1=O. The van der Waals surface area contributed by atoms with Crippen LogP contribution >= 0.6 is 0 Å². The van der Waals surface area contributed by atoms with Crippen molar-refractivity contribution < 1.29 is 53.0 Å². The maximum Gasteiger partial charge on any atom is 0.373 e. The third kappa shape index (κ3) is 11.5. The number of carbonyl (C=O) groups excluding carboxylic acids is 3. The number of aliphatic hydroxyl groups excluding tert-OH is 1. The molecule has 0 aromatic heterocycles. The minimum Gasteiger partial charge on any atom is -0.490 e. The first-order valence-electron chi connectivity index (χ1n) is 17.7. The average Bonchev–Trinajstić information content (AvgIpc) is 3.02. The molecule has 0 spiro atoms. The number of ether oxygens (including phenoxy) is 6. The Labute approximate surface area is 299 Å². The van der Waals surface area contributed by atoms with E-state index in [0.29, 0.717) is 12.0 Å². The summed E-state index contributed by atoms with van der Waals surface area (Å²) in [4.78, 5) is 37.7. The van der Waals surface area contributed by atoms with Gasteiger partial charge in [0.25, 0.3) is 0 Å². The number of aliphatic hydroxyl groups is 2. The van der Waals surface area contributed by atoms with E-state index in [9.17, 15) is 24.6 Å². The molecular formula is C39H62O11. The number of hydrogen-bond acceptors (Lipinski definition) is 11. The summed E-state index contributed by atoms with van der Waals surface area (Å²) < 4.78 is 35.0. The lowest BCUT2D eigenvalue weighted by molar-refractivity contribution is -0.329. The van der Waals surface area contributed by atoms with Gasteiger partial charge in [0.1, 0.15) is 24.4 Å². The fourth-order valence-corrected chi connectivity index (χ4v) is 7.29. The van der Waals surface area contributed by atoms with Crippen LogP contribution < -0.4 is 0 Å². The molecule has 0 aliphatic carbocycles. The summed E-state index contributed by atoms with van der Waals surface area (Å²) in [6.07, 6.45) is 4.99. The van der Waals surface area contributed by atoms with E-state index in [-0.39, 0.29) is 41.8 Å². The largest absolute Gasteiger partial charge is 0.490 e. The van der Waals surface area contributed by atoms with Crippen LogP contribution in [0.25, 0.3) is 0 Å². The highest BCUT2D eigenvalue weighted by molar-refractivity contribution is 5.87. The van der Waals surface area contributed by atoms with E-state index in [1.54, 1.807) is 26.0 Å². The Morgan fingerprint density at radius 1 is 1.00 bits per heavy atom. The van der Waals surface area contributed by atoms with Crippen molar-refractivity contribution in [2.24, 2.45) is 35.5 Å². The van der Waals surface area contributed by atoms with Gasteiger partial charge in [-0.2, -0.15) is 0 Å². The third-order valence-electron chi connectivity index (χ3n) is 10.0. The fraction of sp³-hybridized carbons (Fsp3) is 0.718. The van der Waals surface area contributed by atoms with Gasteiger partial charge in [-0.3, -0.25) is 9.59 Å². The molecule has 2 aliphatic heterocycles. The molecule has 2 heterocycles. The maximum absolute atomic E-state index is 13.7. The predicted octanol–water partition coefficient (Wildman–Crippen LogP) is 5.83. The van der Waals surface area contributed by atoms with Crippen LogP contribution in [0, 0.1) is 35.5 Å². The summed E-state index contributed by atoms with van der Waals surface area (Å²) in [5, 5.41) is 23.8. The van der Waals surface area contributed by atoms with E-state index in [1.165, 1.54) is 28.1 Å². The zero-order chi connectivity index (χ0) is 38.1. The monoisotopic (exact) mass is 706 g/mol. The molecule has 0 radical (unpaired) electrons. The highest BCUT2D eigenvalue weighted by Crippen LogP contribution is 2.42. The van der Waals surface area contributed by atoms with Gasteiger partial charge in [0.2, 0.25) is 5.76 Å². The van der Waals surface area contributed by atoms with Gasteiger partial charge >= 0.3 is 17.9 Å². The summed E-state index contributed by atoms with van der Waals surface area (Å²) >= 11 is 0. The molecule has 12 atom stereocenters. The number of cyclic esters (lactones) is 1. The number of esters is 3. The second-order valence-electron chi connectivity index (χ2n) is 14.7. The van der Waals surface area contributed by atoms with Crippen molar-refractivity contribution in [3.8, 4) is 0 Å². The predicted molar refractivity (Wildman–Crippen MR) is 189 cm³/mol. The first-order valence-corrected chi connectivity index (χ1v) is 17.7. The zero-order valence-electron chi connectivity index (χ0n) is 32.3. The normalized spacial score (nSPS) is 37.4. The average molecular weight is 707 g/mol. The molecule has 11 heteroatoms. The van der Waals surface area contributed by atoms with Crippen molar-refractivity contribution in [1.29, 1.82) is 0 Å². The molecule has 50 heavy (non-hydrogen) atoms. The van der Waals surface area contributed by atoms with E-state index in [0.717, 1.165) is 5.57 Å². The smallest absolute Gasteiger partial charge is 0.373 e. The summed E-state index contributed by atoms with van der Waals surface area (Å²) in [5.74, 6) is -5.62. The number of methoxy groups -OCH3 is 2. The molecular weight excluding hydrogens is 644 g/mol. The van der Waals surface area contributed by atoms with Gasteiger partial charge in [-0.05, 0) is 38.2 Å². The van der Waals surface area contributed by atoms with E-state index in [2.05, 4.69) is 0 Å². The van der Waals surface area contributed by atoms with Crippen LogP contribution in [0.2, 0.25) is 0 Å². The van der Waals surface area contributed by atoms with Crippen molar-refractivity contribution in [3.63, 3.8) is 0 Å². The van der Waals surface area contributed by atoms with Gasteiger partial charge in [-0.1, -0.05) is 83.9 Å². The molecule has 1 saturated heterocycles. The first kappa shape index (κ1) is 43.2. The highest BCUT2D eigenvalue weighted by Gasteiger charge is 2.53. The van der Waals surface area contributed by atoms with Crippen LogP contribution in [-0.2, 0) is 42.8 Å². The first-order chi connectivity index (χ1) is 23.3. The lowest BCUT2D eigenvalue weighted by Crippen LogP contribution is -2.59. The minimum atomic E-state index is -1.85. The fourth-order valence-electron chi connectivity index (χ4n) is 7.29. The zero-order valence-corrected chi connectivity index (χ0v) is 32.3. The molecule has 0 aromatic carbocycles. The van der Waals surface area contributed by atoms with Crippen LogP contribution in [0.15, 0.2) is 47.3 Å². The van der Waals surface area contributed by atoms with Crippen molar-refractivity contribution in [3.05, 3.63) is 47.3 Å². The summed E-state index contributed by atoms with van der Waals surface area (Å²) in [5.41, 5.74) is 1.73. The maximum atomic E-state index is 13.7. The highest BCUT2D eigenvalue weighted by atomic mass is 16.6. The Balaban J connectivity index is 2.58. The Morgan fingerprint density at radius 3 is 2.16 bits per heavy atom. The lowest BCUT2D eigenvalue weighted by atomic mass is 9.76. The molecule has 2 aliphatic rings. The van der Waals surface area contributed by atoms with E-state index in [4.69, 9.17) is 28.4 Å². The Hall–Kier alpha value is -2.99. The van der Waals surface area contributed by atoms with Crippen LogP contribution in [0.3, 0.4) is 0 Å². The molecule has 1 unspecified atom stereocenters. The van der Waals surface area contributed by atoms with Gasteiger partial charge in [-0.25, -0.2) is 4.79 Å². The van der Waals surface area contributed by atoms with Crippen LogP contribution in [0.4, 0.5) is 0 Å². The van der Waals surface area contributed by atoms with Crippen molar-refractivity contribution >= 4 is 17.9 Å². The molecule has 2 N–H and O–H groups in total. The summed E-state index contributed by atoms with van der Waals surface area (Å²) in [6.45, 7) is 19.7. The van der Waals surface area contributed by atoms with Crippen molar-refractivity contribution in [1.82, 2.24) is 0 Å². The van der Waals surface area contributed by atoms with E-state index in [1.807, 2.05) is 66.7 Å². The van der Waals surface area contributed by atoms with Crippen LogP contribution in [0.5, 0.6) is 0 Å². The number of carbonyl (C=O) groups is 3. The molecule has 1 fully saturated rings. The van der Waals surface area contributed by atoms with Gasteiger partial charge in [-0.15, -0.1) is 0 Å². The topological polar surface area (TPSA) is 147 Å². The summed E-state index contributed by atoms with van der Waals surface area (Å²) in [6, 6.07) is 0. The van der Waals surface area contributed by atoms with Crippen molar-refractivity contribution in [2.75, 3.05) is 14.2 Å². The van der Waals surface area contributed by atoms with Crippen molar-refractivity contribution in [2.45, 2.75) is 131 Å². The van der Waals surface area contributed by atoms with Gasteiger partial charge < -0.3 is 38.6 Å². The third-order valence-corrected chi connectivity index (χ3v) is 10.0. The van der Waals surface area contributed by atoms with Gasteiger partial charge in [0, 0.05) is 51.0 Å². The van der Waals surface area contributed by atoms with Gasteiger partial charge in [0.15, 0.2) is 5.79 Å².